The number of fused-ring (bicyclic) bond motifs is 1. The van der Waals surface area contributed by atoms with E-state index in [0.717, 1.165) is 12.1 Å². The zero-order valence-corrected chi connectivity index (χ0v) is 12.2. The first-order valence-electron chi connectivity index (χ1n) is 7.24. The number of hydrazine groups is 1. The molecule has 3 rings (SSSR count). The van der Waals surface area contributed by atoms with Crippen molar-refractivity contribution in [1.82, 2.24) is 15.2 Å². The molecule has 0 fully saturated rings. The highest BCUT2D eigenvalue weighted by molar-refractivity contribution is 5.36. The molecule has 1 aromatic carbocycles. The quantitative estimate of drug-likeness (QED) is 0.659. The van der Waals surface area contributed by atoms with Crippen molar-refractivity contribution in [3.05, 3.63) is 52.3 Å². The number of aryl methyl sites for hydroxylation is 3. The van der Waals surface area contributed by atoms with Crippen molar-refractivity contribution < 1.29 is 0 Å². The molecular weight excluding hydrogens is 248 g/mol. The average molecular weight is 270 g/mol. The fourth-order valence-electron chi connectivity index (χ4n) is 3.10. The Hall–Kier alpha value is -1.65. The Balaban J connectivity index is 1.83. The van der Waals surface area contributed by atoms with Crippen LogP contribution in [0.2, 0.25) is 0 Å². The van der Waals surface area contributed by atoms with E-state index in [1.54, 1.807) is 0 Å². The van der Waals surface area contributed by atoms with Gasteiger partial charge in [-0.3, -0.25) is 16.0 Å². The van der Waals surface area contributed by atoms with Gasteiger partial charge in [0.25, 0.3) is 0 Å². The molecule has 1 aliphatic rings. The maximum atomic E-state index is 5.76. The molecule has 0 spiro atoms. The number of nitrogens with zero attached hydrogens (tertiary/aromatic N) is 2. The summed E-state index contributed by atoms with van der Waals surface area (Å²) in [6.45, 7) is 2.08. The molecule has 1 aliphatic carbocycles. The van der Waals surface area contributed by atoms with E-state index in [2.05, 4.69) is 35.6 Å². The van der Waals surface area contributed by atoms with Crippen LogP contribution in [0.4, 0.5) is 0 Å². The lowest BCUT2D eigenvalue weighted by Gasteiger charge is -2.16. The number of hydrogen-bond acceptors (Lipinski definition) is 3. The Kier molecular flexibility index (Phi) is 3.59. The third-order valence-electron chi connectivity index (χ3n) is 4.45. The highest BCUT2D eigenvalue weighted by Crippen LogP contribution is 2.26. The maximum absolute atomic E-state index is 5.76. The molecule has 0 amide bonds. The van der Waals surface area contributed by atoms with E-state index in [9.17, 15) is 0 Å². The lowest BCUT2D eigenvalue weighted by Crippen LogP contribution is -2.30. The lowest BCUT2D eigenvalue weighted by atomic mass is 9.97. The van der Waals surface area contributed by atoms with Gasteiger partial charge in [-0.05, 0) is 49.3 Å². The summed E-state index contributed by atoms with van der Waals surface area (Å²) >= 11 is 0. The average Bonchev–Trinajstić information content (AvgIpc) is 3.04. The first-order chi connectivity index (χ1) is 9.69. The van der Waals surface area contributed by atoms with Gasteiger partial charge in [0.1, 0.15) is 0 Å². The Labute approximate surface area is 120 Å². The molecule has 0 radical (unpaired) electrons. The first kappa shape index (κ1) is 13.3. The fourth-order valence-corrected chi connectivity index (χ4v) is 3.10. The van der Waals surface area contributed by atoms with Gasteiger partial charge < -0.3 is 0 Å². The summed E-state index contributed by atoms with van der Waals surface area (Å²) in [5, 5.41) is 4.31. The summed E-state index contributed by atoms with van der Waals surface area (Å²) in [5.74, 6) is 5.76. The molecule has 0 saturated carbocycles. The third-order valence-corrected chi connectivity index (χ3v) is 4.45. The van der Waals surface area contributed by atoms with Crippen LogP contribution in [0.3, 0.4) is 0 Å². The summed E-state index contributed by atoms with van der Waals surface area (Å²) in [6, 6.07) is 6.98. The van der Waals surface area contributed by atoms with E-state index in [0.29, 0.717) is 0 Å². The topological polar surface area (TPSA) is 55.9 Å². The Morgan fingerprint density at radius 2 is 2.15 bits per heavy atom. The van der Waals surface area contributed by atoms with Gasteiger partial charge in [0.2, 0.25) is 0 Å². The second-order valence-electron chi connectivity index (χ2n) is 5.69. The van der Waals surface area contributed by atoms with Gasteiger partial charge >= 0.3 is 0 Å². The summed E-state index contributed by atoms with van der Waals surface area (Å²) < 4.78 is 1.89. The second-order valence-corrected chi connectivity index (χ2v) is 5.69. The molecule has 0 bridgehead atoms. The van der Waals surface area contributed by atoms with E-state index in [-0.39, 0.29) is 6.04 Å². The molecule has 3 N–H and O–H groups in total. The number of rotatable bonds is 4. The maximum Gasteiger partial charge on any atom is 0.0540 e. The fraction of sp³-hybridized carbons (Fsp3) is 0.438. The van der Waals surface area contributed by atoms with E-state index in [1.807, 2.05) is 17.9 Å². The predicted molar refractivity (Wildman–Crippen MR) is 80.2 cm³/mol. The number of hydrogen-bond donors (Lipinski definition) is 2. The molecular formula is C16H22N4. The van der Waals surface area contributed by atoms with Crippen molar-refractivity contribution in [2.75, 3.05) is 0 Å². The van der Waals surface area contributed by atoms with Gasteiger partial charge in [-0.1, -0.05) is 18.2 Å². The van der Waals surface area contributed by atoms with Gasteiger partial charge in [-0.2, -0.15) is 5.10 Å². The van der Waals surface area contributed by atoms with Crippen LogP contribution >= 0.6 is 0 Å². The number of nitrogens with one attached hydrogen (secondary N) is 1. The monoisotopic (exact) mass is 270 g/mol. The smallest absolute Gasteiger partial charge is 0.0540 e. The Bertz CT molecular complexity index is 615. The van der Waals surface area contributed by atoms with Crippen LogP contribution in [0.1, 0.15) is 40.4 Å². The SMILES string of the molecule is Cc1c(C(Cc2ccc3c(c2)CCC3)NN)cnn1C. The summed E-state index contributed by atoms with van der Waals surface area (Å²) in [6.07, 6.45) is 6.55. The van der Waals surface area contributed by atoms with E-state index in [4.69, 9.17) is 5.84 Å². The molecule has 1 unspecified atom stereocenters. The minimum Gasteiger partial charge on any atom is -0.273 e. The largest absolute Gasteiger partial charge is 0.273 e. The van der Waals surface area contributed by atoms with Gasteiger partial charge in [0.15, 0.2) is 0 Å². The second kappa shape index (κ2) is 5.38. The highest BCUT2D eigenvalue weighted by Gasteiger charge is 2.17. The molecule has 106 valence electrons. The Morgan fingerprint density at radius 3 is 2.85 bits per heavy atom. The molecule has 0 aliphatic heterocycles. The van der Waals surface area contributed by atoms with Crippen LogP contribution in [0, 0.1) is 6.92 Å². The van der Waals surface area contributed by atoms with Crippen molar-refractivity contribution in [2.45, 2.75) is 38.6 Å². The van der Waals surface area contributed by atoms with Crippen LogP contribution in [0.5, 0.6) is 0 Å². The Morgan fingerprint density at radius 1 is 1.35 bits per heavy atom. The zero-order valence-electron chi connectivity index (χ0n) is 12.2. The highest BCUT2D eigenvalue weighted by atomic mass is 15.3. The van der Waals surface area contributed by atoms with Crippen LogP contribution in [0.15, 0.2) is 24.4 Å². The molecule has 20 heavy (non-hydrogen) atoms. The third kappa shape index (κ3) is 2.37. The first-order valence-corrected chi connectivity index (χ1v) is 7.24. The number of nitrogens with two attached hydrogens (primary N) is 1. The minimum atomic E-state index is 0.114. The van der Waals surface area contributed by atoms with Crippen LogP contribution in [-0.2, 0) is 26.3 Å². The minimum absolute atomic E-state index is 0.114. The number of benzene rings is 1. The van der Waals surface area contributed by atoms with E-state index in [1.165, 1.54) is 41.5 Å². The van der Waals surface area contributed by atoms with Crippen LogP contribution in [-0.4, -0.2) is 9.78 Å². The summed E-state index contributed by atoms with van der Waals surface area (Å²) in [5.41, 5.74) is 9.65. The molecule has 1 heterocycles. The van der Waals surface area contributed by atoms with Crippen molar-refractivity contribution in [3.63, 3.8) is 0 Å². The van der Waals surface area contributed by atoms with Gasteiger partial charge in [0.05, 0.1) is 12.2 Å². The molecule has 4 heteroatoms. The molecule has 0 saturated heterocycles. The zero-order chi connectivity index (χ0) is 14.1. The van der Waals surface area contributed by atoms with E-state index >= 15 is 0 Å². The van der Waals surface area contributed by atoms with Crippen molar-refractivity contribution >= 4 is 0 Å². The molecule has 2 aromatic rings. The summed E-state index contributed by atoms with van der Waals surface area (Å²) in [7, 11) is 1.96. The normalized spacial score (nSPS) is 15.3. The van der Waals surface area contributed by atoms with Crippen LogP contribution < -0.4 is 11.3 Å². The van der Waals surface area contributed by atoms with Crippen molar-refractivity contribution in [1.29, 1.82) is 0 Å². The molecule has 1 atom stereocenters. The predicted octanol–water partition coefficient (Wildman–Crippen LogP) is 1.96. The van der Waals surface area contributed by atoms with Crippen molar-refractivity contribution in [2.24, 2.45) is 12.9 Å². The van der Waals surface area contributed by atoms with Gasteiger partial charge in [-0.15, -0.1) is 0 Å². The van der Waals surface area contributed by atoms with E-state index < -0.39 is 0 Å². The lowest BCUT2D eigenvalue weighted by molar-refractivity contribution is 0.547. The van der Waals surface area contributed by atoms with Crippen LogP contribution in [0.25, 0.3) is 0 Å². The molecule has 4 nitrogen and oxygen atoms in total. The van der Waals surface area contributed by atoms with Crippen molar-refractivity contribution in [3.8, 4) is 0 Å². The van der Waals surface area contributed by atoms with Gasteiger partial charge in [-0.25, -0.2) is 0 Å². The summed E-state index contributed by atoms with van der Waals surface area (Å²) in [4.78, 5) is 0. The number of aromatic nitrogens is 2. The standard InChI is InChI=1S/C16H22N4/c1-11-15(10-18-20(11)2)16(19-17)9-12-6-7-13-4-3-5-14(13)8-12/h6-8,10,16,19H,3-5,9,17H2,1-2H3. The molecule has 1 aromatic heterocycles. The van der Waals surface area contributed by atoms with Gasteiger partial charge in [0, 0.05) is 18.3 Å².